The monoisotopic (exact) mass is 1010 g/mol. The molecule has 0 aromatic rings. The molecule has 18 atom stereocenters. The Labute approximate surface area is 412 Å². The van der Waals surface area contributed by atoms with Gasteiger partial charge in [0, 0.05) is 76.9 Å². The number of fused-ring (bicyclic) bond motifs is 1. The number of carbonyl (C=O) groups excluding carboxylic acids is 3. The van der Waals surface area contributed by atoms with Crippen molar-refractivity contribution in [1.82, 2.24) is 14.7 Å². The lowest BCUT2D eigenvalue weighted by Gasteiger charge is -2.54. The van der Waals surface area contributed by atoms with Gasteiger partial charge in [0.15, 0.2) is 18.2 Å². The number of ether oxygens (including phenoxy) is 8. The van der Waals surface area contributed by atoms with Gasteiger partial charge in [-0.3, -0.25) is 9.59 Å². The Morgan fingerprint density at radius 3 is 2.12 bits per heavy atom. The zero-order valence-electron chi connectivity index (χ0n) is 44.6. The molecule has 4 N–H and O–H groups in total. The standard InChI is InChI=1S/C49H90N4O15S/c1-17-36-48(12)41(53(45(57)68-48)21-20-24-69(16,59)60)31(6)38(54)29(4)26-46(10,61-14)42(67-44-39(55)35(50)25-30(5)63-44)32(7)40(33(8)43(56)65-36)66-37-27-47(11,62-15)49(58,34(9)64-37)28-51(13)22-23-52(18-2)19-3/h29-37,39-42,44,55,58H,17-28,50H2,1-16H3/t29-,30-,31+,32+,33-,34+,35+,36-,37+,39-,40+,41-,42-,44+,46+,47-,48-,49-/m1/s1. The van der Waals surface area contributed by atoms with Crippen LogP contribution in [0.3, 0.4) is 0 Å². The van der Waals surface area contributed by atoms with Crippen molar-refractivity contribution >= 4 is 27.7 Å². The van der Waals surface area contributed by atoms with Crippen molar-refractivity contribution in [2.45, 2.75) is 199 Å². The van der Waals surface area contributed by atoms with Crippen LogP contribution in [-0.2, 0) is 57.3 Å². The molecule has 0 radical (unpaired) electrons. The van der Waals surface area contributed by atoms with Crippen molar-refractivity contribution in [3.8, 4) is 0 Å². The third kappa shape index (κ3) is 13.2. The molecule has 0 aromatic heterocycles. The lowest BCUT2D eigenvalue weighted by molar-refractivity contribution is -0.338. The van der Waals surface area contributed by atoms with Crippen LogP contribution in [-0.4, -0.2) is 207 Å². The molecule has 0 aliphatic carbocycles. The van der Waals surface area contributed by atoms with Crippen LogP contribution in [0, 0.1) is 23.7 Å². The predicted molar refractivity (Wildman–Crippen MR) is 259 cm³/mol. The summed E-state index contributed by atoms with van der Waals surface area (Å²) in [6.45, 7) is 25.4. The largest absolute Gasteiger partial charge is 0.458 e. The molecule has 4 rings (SSSR count). The number of cyclic esters (lactones) is 1. The van der Waals surface area contributed by atoms with Crippen molar-refractivity contribution in [2.24, 2.45) is 29.4 Å². The van der Waals surface area contributed by atoms with Gasteiger partial charge in [-0.1, -0.05) is 41.5 Å². The van der Waals surface area contributed by atoms with E-state index in [1.807, 2.05) is 27.8 Å². The summed E-state index contributed by atoms with van der Waals surface area (Å²) in [7, 11) is 1.61. The second kappa shape index (κ2) is 23.9. The van der Waals surface area contributed by atoms with Gasteiger partial charge in [-0.15, -0.1) is 0 Å². The average molecular weight is 1010 g/mol. The molecule has 19 nitrogen and oxygen atoms in total. The van der Waals surface area contributed by atoms with E-state index in [-0.39, 0.29) is 56.4 Å². The van der Waals surface area contributed by atoms with Crippen LogP contribution in [0.25, 0.3) is 0 Å². The topological polar surface area (TPSA) is 235 Å². The third-order valence-electron chi connectivity index (χ3n) is 16.1. The van der Waals surface area contributed by atoms with E-state index < -0.39 is 123 Å². The molecule has 4 heterocycles. The maximum Gasteiger partial charge on any atom is 0.410 e. The summed E-state index contributed by atoms with van der Waals surface area (Å²) in [6, 6.07) is -1.64. The van der Waals surface area contributed by atoms with Gasteiger partial charge in [-0.2, -0.15) is 0 Å². The van der Waals surface area contributed by atoms with Gasteiger partial charge in [0.25, 0.3) is 0 Å². The van der Waals surface area contributed by atoms with Gasteiger partial charge in [0.2, 0.25) is 0 Å². The highest BCUT2D eigenvalue weighted by atomic mass is 32.2. The summed E-state index contributed by atoms with van der Waals surface area (Å²) < 4.78 is 76.3. The van der Waals surface area contributed by atoms with Crippen molar-refractivity contribution in [3.05, 3.63) is 0 Å². The van der Waals surface area contributed by atoms with Crippen LogP contribution in [0.15, 0.2) is 0 Å². The van der Waals surface area contributed by atoms with E-state index in [2.05, 4.69) is 23.6 Å². The number of rotatable bonds is 18. The minimum atomic E-state index is -3.39. The fourth-order valence-corrected chi connectivity index (χ4v) is 12.3. The number of carbonyl (C=O) groups is 3. The Kier molecular flexibility index (Phi) is 20.6. The van der Waals surface area contributed by atoms with E-state index in [9.17, 15) is 33.0 Å². The zero-order valence-corrected chi connectivity index (χ0v) is 45.4. The van der Waals surface area contributed by atoms with Crippen molar-refractivity contribution in [3.63, 3.8) is 0 Å². The molecule has 402 valence electrons. The van der Waals surface area contributed by atoms with Crippen molar-refractivity contribution in [1.29, 1.82) is 0 Å². The fourth-order valence-electron chi connectivity index (χ4n) is 11.6. The Morgan fingerprint density at radius 2 is 1.55 bits per heavy atom. The maximum atomic E-state index is 15.0. The number of aliphatic hydroxyl groups is 2. The number of hydrogen-bond donors (Lipinski definition) is 3. The molecule has 69 heavy (non-hydrogen) atoms. The number of esters is 1. The number of sulfone groups is 1. The number of nitrogens with zero attached hydrogens (tertiary/aromatic N) is 3. The Hall–Kier alpha value is -2.08. The number of nitrogens with two attached hydrogens (primary N) is 1. The summed E-state index contributed by atoms with van der Waals surface area (Å²) in [5, 5.41) is 24.0. The first kappa shape index (κ1) is 59.5. The number of likely N-dealkylation sites (N-methyl/N-ethyl adjacent to an activating group) is 2. The minimum Gasteiger partial charge on any atom is -0.458 e. The van der Waals surface area contributed by atoms with Crippen LogP contribution < -0.4 is 5.73 Å². The molecule has 20 heteroatoms. The van der Waals surface area contributed by atoms with Crippen molar-refractivity contribution in [2.75, 3.05) is 72.5 Å². The van der Waals surface area contributed by atoms with Crippen LogP contribution in [0.5, 0.6) is 0 Å². The first-order valence-corrected chi connectivity index (χ1v) is 27.3. The summed E-state index contributed by atoms with van der Waals surface area (Å²) in [4.78, 5) is 49.6. The molecule has 0 spiro atoms. The molecule has 4 aliphatic heterocycles. The molecule has 0 aromatic carbocycles. The highest BCUT2D eigenvalue weighted by Gasteiger charge is 2.62. The smallest absolute Gasteiger partial charge is 0.410 e. The molecule has 4 aliphatic rings. The number of hydrogen-bond acceptors (Lipinski definition) is 18. The molecule has 0 bridgehead atoms. The van der Waals surface area contributed by atoms with E-state index in [1.54, 1.807) is 55.6 Å². The Balaban J connectivity index is 1.85. The maximum absolute atomic E-state index is 15.0. The second-order valence-electron chi connectivity index (χ2n) is 21.4. The van der Waals surface area contributed by atoms with Gasteiger partial charge < -0.3 is 68.5 Å². The van der Waals surface area contributed by atoms with Gasteiger partial charge >= 0.3 is 12.1 Å². The van der Waals surface area contributed by atoms with E-state index in [0.29, 0.717) is 13.0 Å². The third-order valence-corrected chi connectivity index (χ3v) is 17.2. The van der Waals surface area contributed by atoms with Crippen LogP contribution in [0.2, 0.25) is 0 Å². The summed E-state index contributed by atoms with van der Waals surface area (Å²) in [5.41, 5.74) is 0.825. The van der Waals surface area contributed by atoms with E-state index in [0.717, 1.165) is 25.9 Å². The number of methoxy groups -OCH3 is 2. The van der Waals surface area contributed by atoms with Crippen LogP contribution in [0.4, 0.5) is 4.79 Å². The van der Waals surface area contributed by atoms with Gasteiger partial charge in [0.05, 0.1) is 47.7 Å². The quantitative estimate of drug-likeness (QED) is 0.167. The minimum absolute atomic E-state index is 0.0235. The predicted octanol–water partition coefficient (Wildman–Crippen LogP) is 3.38. The van der Waals surface area contributed by atoms with Crippen molar-refractivity contribution < 1.29 is 70.9 Å². The Morgan fingerprint density at radius 1 is 0.913 bits per heavy atom. The van der Waals surface area contributed by atoms with Gasteiger partial charge in [-0.05, 0) is 87.4 Å². The molecular weight excluding hydrogens is 917 g/mol. The number of Topliss-reactive ketones (excluding diaryl/α,β-unsaturated/α-hetero) is 1. The average Bonchev–Trinajstić information content (AvgIpc) is 3.54. The zero-order chi connectivity index (χ0) is 52.2. The first-order chi connectivity index (χ1) is 32.0. The summed E-state index contributed by atoms with van der Waals surface area (Å²) in [5.74, 6) is -4.66. The number of ketones is 1. The summed E-state index contributed by atoms with van der Waals surface area (Å²) in [6.07, 6.45) is -6.82. The number of amides is 1. The molecule has 4 saturated heterocycles. The molecular formula is C49H90N4O15S. The lowest BCUT2D eigenvalue weighted by atomic mass is 9.73. The van der Waals surface area contributed by atoms with Crippen LogP contribution in [0.1, 0.15) is 115 Å². The second-order valence-corrected chi connectivity index (χ2v) is 23.6. The van der Waals surface area contributed by atoms with E-state index in [1.165, 1.54) is 12.0 Å². The van der Waals surface area contributed by atoms with Gasteiger partial charge in [-0.25, -0.2) is 13.2 Å². The first-order valence-electron chi connectivity index (χ1n) is 25.2. The highest BCUT2D eigenvalue weighted by Crippen LogP contribution is 2.46. The summed E-state index contributed by atoms with van der Waals surface area (Å²) >= 11 is 0. The lowest BCUT2D eigenvalue weighted by Crippen LogP contribution is -2.70. The normalized spacial score (nSPS) is 42.0. The SMILES string of the molecule is CC[C@H]1OC(=O)[C@H](C)[C@@H](O[C@H]2C[C@@](C)(OC)[C@@](O)(CN(C)CCN(CC)CC)[C@H](C)O2)[C@H](C)[C@@H](O[C@@H]2O[C@H](C)C[C@H](N)[C@H]2O)[C@@](C)(OC)C[C@@H](C)C(=O)[C@H](C)[C@H]2N(CCCS(C)(=O)=O)C(=O)O[C@]12C. The van der Waals surface area contributed by atoms with E-state index >= 15 is 0 Å². The Bertz CT molecular complexity index is 1830. The number of aliphatic hydroxyl groups excluding tert-OH is 1. The highest BCUT2D eigenvalue weighted by molar-refractivity contribution is 7.90. The fraction of sp³-hybridized carbons (Fsp3) is 0.939. The molecule has 1 amide bonds. The van der Waals surface area contributed by atoms with E-state index in [4.69, 9.17) is 43.6 Å². The molecule has 0 saturated carbocycles. The molecule has 0 unspecified atom stereocenters. The van der Waals surface area contributed by atoms with Crippen LogP contribution >= 0.6 is 0 Å². The van der Waals surface area contributed by atoms with Gasteiger partial charge in [0.1, 0.15) is 39.0 Å². The molecule has 4 fully saturated rings.